The minimum absolute atomic E-state index is 0.0599. The molecule has 1 aromatic carbocycles. The number of nitrogens with one attached hydrogen (secondary N) is 1. The van der Waals surface area contributed by atoms with Crippen molar-refractivity contribution >= 4 is 23.2 Å². The number of aryl methyl sites for hydroxylation is 1. The molecular weight excluding hydrogens is 278 g/mol. The molecule has 0 saturated heterocycles. The molecule has 0 aliphatic carbocycles. The molecule has 4 nitrogen and oxygen atoms in total. The number of rotatable bonds is 2. The van der Waals surface area contributed by atoms with E-state index in [9.17, 15) is 4.79 Å². The predicted octanol–water partition coefficient (Wildman–Crippen LogP) is 2.84. The van der Waals surface area contributed by atoms with Crippen molar-refractivity contribution in [3.63, 3.8) is 0 Å². The average Bonchev–Trinajstić information content (AvgIpc) is 2.84. The largest absolute Gasteiger partial charge is 0.452 e. The third-order valence-corrected chi connectivity index (χ3v) is 2.94. The maximum absolute atomic E-state index is 11.9. The monoisotopic (exact) mass is 289 g/mol. The van der Waals surface area contributed by atoms with Crippen LogP contribution in [0.5, 0.6) is 0 Å². The number of aliphatic hydroxyl groups is 1. The molecule has 20 heavy (non-hydrogen) atoms. The zero-order valence-electron chi connectivity index (χ0n) is 10.7. The molecule has 0 radical (unpaired) electrons. The van der Waals surface area contributed by atoms with Gasteiger partial charge in [0.1, 0.15) is 6.61 Å². The third-order valence-electron chi connectivity index (χ3n) is 2.65. The topological polar surface area (TPSA) is 62.5 Å². The van der Waals surface area contributed by atoms with Crippen LogP contribution < -0.4 is 5.32 Å². The van der Waals surface area contributed by atoms with Crippen molar-refractivity contribution in [3.05, 3.63) is 52.4 Å². The first-order valence-electron chi connectivity index (χ1n) is 5.86. The first kappa shape index (κ1) is 14.2. The summed E-state index contributed by atoms with van der Waals surface area (Å²) in [6, 6.07) is 6.82. The molecule has 1 aromatic heterocycles. The fourth-order valence-corrected chi connectivity index (χ4v) is 1.87. The number of furan rings is 1. The van der Waals surface area contributed by atoms with Crippen LogP contribution in [0.4, 0.5) is 5.69 Å². The minimum atomic E-state index is -0.336. The summed E-state index contributed by atoms with van der Waals surface area (Å²) in [5.41, 5.74) is 2.63. The van der Waals surface area contributed by atoms with Crippen molar-refractivity contribution in [1.29, 1.82) is 0 Å². The maximum atomic E-state index is 11.9. The molecule has 0 fully saturated rings. The van der Waals surface area contributed by atoms with Crippen LogP contribution in [0.1, 0.15) is 21.5 Å². The van der Waals surface area contributed by atoms with E-state index >= 15 is 0 Å². The van der Waals surface area contributed by atoms with E-state index in [0.29, 0.717) is 5.69 Å². The van der Waals surface area contributed by atoms with Crippen molar-refractivity contribution in [2.75, 3.05) is 11.9 Å². The van der Waals surface area contributed by atoms with Crippen LogP contribution in [0, 0.1) is 18.8 Å². The van der Waals surface area contributed by atoms with Crippen molar-refractivity contribution in [3.8, 4) is 11.8 Å². The lowest BCUT2D eigenvalue weighted by molar-refractivity contribution is 0.102. The van der Waals surface area contributed by atoms with E-state index in [-0.39, 0.29) is 23.3 Å². The fraction of sp³-hybridized carbons (Fsp3) is 0.133. The molecule has 5 heteroatoms. The summed E-state index contributed by atoms with van der Waals surface area (Å²) >= 11 is 5.75. The number of anilines is 1. The highest BCUT2D eigenvalue weighted by Crippen LogP contribution is 2.20. The van der Waals surface area contributed by atoms with E-state index in [1.165, 1.54) is 12.3 Å². The number of hydrogen-bond donors (Lipinski definition) is 2. The predicted molar refractivity (Wildman–Crippen MR) is 76.8 cm³/mol. The Labute approximate surface area is 121 Å². The van der Waals surface area contributed by atoms with Gasteiger partial charge in [-0.1, -0.05) is 11.8 Å². The van der Waals surface area contributed by atoms with Crippen LogP contribution in [0.2, 0.25) is 5.22 Å². The molecule has 2 aromatic rings. The van der Waals surface area contributed by atoms with Gasteiger partial charge in [-0.2, -0.15) is 0 Å². The molecule has 2 rings (SSSR count). The van der Waals surface area contributed by atoms with Gasteiger partial charge in [0.25, 0.3) is 5.91 Å². The van der Waals surface area contributed by atoms with Crippen molar-refractivity contribution in [2.45, 2.75) is 6.92 Å². The standard InChI is InChI=1S/C15H12ClNO3/c1-10-9-12(5-4-11(10)3-2-7-18)17-15(19)13-6-8-20-14(13)16/h4-6,8-9,18H,7H2,1H3,(H,17,19). The molecule has 102 valence electrons. The number of halogens is 1. The summed E-state index contributed by atoms with van der Waals surface area (Å²) in [7, 11) is 0. The Morgan fingerprint density at radius 1 is 1.45 bits per heavy atom. The zero-order valence-corrected chi connectivity index (χ0v) is 11.5. The number of amides is 1. The number of hydrogen-bond acceptors (Lipinski definition) is 3. The number of benzene rings is 1. The van der Waals surface area contributed by atoms with E-state index in [1.807, 2.05) is 6.92 Å². The summed E-state index contributed by atoms with van der Waals surface area (Å²) in [4.78, 5) is 11.9. The van der Waals surface area contributed by atoms with Gasteiger partial charge in [0.05, 0.1) is 11.8 Å². The Morgan fingerprint density at radius 2 is 2.25 bits per heavy atom. The molecule has 0 bridgehead atoms. The van der Waals surface area contributed by atoms with Crippen LogP contribution in [-0.2, 0) is 0 Å². The highest BCUT2D eigenvalue weighted by Gasteiger charge is 2.13. The van der Waals surface area contributed by atoms with Gasteiger partial charge in [0, 0.05) is 11.3 Å². The Balaban J connectivity index is 2.17. The minimum Gasteiger partial charge on any atom is -0.452 e. The molecule has 0 unspecified atom stereocenters. The van der Waals surface area contributed by atoms with Crippen LogP contribution in [-0.4, -0.2) is 17.6 Å². The second kappa shape index (κ2) is 6.29. The zero-order chi connectivity index (χ0) is 14.5. The summed E-state index contributed by atoms with van der Waals surface area (Å²) in [5, 5.41) is 11.5. The van der Waals surface area contributed by atoms with Gasteiger partial charge >= 0.3 is 0 Å². The van der Waals surface area contributed by atoms with E-state index in [2.05, 4.69) is 17.2 Å². The van der Waals surface area contributed by atoms with E-state index in [1.54, 1.807) is 18.2 Å². The number of aliphatic hydroxyl groups excluding tert-OH is 1. The molecule has 1 heterocycles. The molecule has 0 aliphatic heterocycles. The molecule has 1 amide bonds. The van der Waals surface area contributed by atoms with Crippen LogP contribution >= 0.6 is 11.6 Å². The summed E-state index contributed by atoms with van der Waals surface area (Å²) in [6.45, 7) is 1.69. The van der Waals surface area contributed by atoms with Crippen LogP contribution in [0.25, 0.3) is 0 Å². The van der Waals surface area contributed by atoms with E-state index in [0.717, 1.165) is 11.1 Å². The van der Waals surface area contributed by atoms with Gasteiger partial charge in [-0.15, -0.1) is 0 Å². The van der Waals surface area contributed by atoms with Crippen LogP contribution in [0.3, 0.4) is 0 Å². The van der Waals surface area contributed by atoms with Crippen molar-refractivity contribution < 1.29 is 14.3 Å². The SMILES string of the molecule is Cc1cc(NC(=O)c2ccoc2Cl)ccc1C#CCO. The van der Waals surface area contributed by atoms with E-state index in [4.69, 9.17) is 21.1 Å². The maximum Gasteiger partial charge on any atom is 0.260 e. The van der Waals surface area contributed by atoms with Crippen molar-refractivity contribution in [1.82, 2.24) is 0 Å². The lowest BCUT2D eigenvalue weighted by Gasteiger charge is -2.06. The highest BCUT2D eigenvalue weighted by atomic mass is 35.5. The molecule has 2 N–H and O–H groups in total. The first-order chi connectivity index (χ1) is 9.61. The fourth-order valence-electron chi connectivity index (χ4n) is 1.67. The number of carbonyl (C=O) groups excluding carboxylic acids is 1. The normalized spacial score (nSPS) is 9.75. The highest BCUT2D eigenvalue weighted by molar-refractivity contribution is 6.32. The van der Waals surface area contributed by atoms with Gasteiger partial charge in [0.15, 0.2) is 0 Å². The Hall–Kier alpha value is -2.22. The Bertz CT molecular complexity index is 695. The van der Waals surface area contributed by atoms with Gasteiger partial charge < -0.3 is 14.8 Å². The second-order valence-electron chi connectivity index (χ2n) is 4.05. The van der Waals surface area contributed by atoms with Crippen molar-refractivity contribution in [2.24, 2.45) is 0 Å². The quantitative estimate of drug-likeness (QED) is 0.836. The number of carbonyl (C=O) groups is 1. The van der Waals surface area contributed by atoms with Gasteiger partial charge in [-0.3, -0.25) is 4.79 Å². The Kier molecular flexibility index (Phi) is 4.46. The summed E-state index contributed by atoms with van der Waals surface area (Å²) in [5.74, 6) is 5.08. The average molecular weight is 290 g/mol. The van der Waals surface area contributed by atoms with E-state index < -0.39 is 0 Å². The molecule has 0 spiro atoms. The first-order valence-corrected chi connectivity index (χ1v) is 6.24. The molecular formula is C15H12ClNO3. The smallest absolute Gasteiger partial charge is 0.260 e. The summed E-state index contributed by atoms with van der Waals surface area (Å²) in [6.07, 6.45) is 1.36. The molecule has 0 aliphatic rings. The summed E-state index contributed by atoms with van der Waals surface area (Å²) < 4.78 is 4.87. The molecule has 0 saturated carbocycles. The van der Waals surface area contributed by atoms with Gasteiger partial charge in [-0.05, 0) is 48.4 Å². The lowest BCUT2D eigenvalue weighted by Crippen LogP contribution is -2.11. The van der Waals surface area contributed by atoms with Crippen LogP contribution in [0.15, 0.2) is 34.9 Å². The van der Waals surface area contributed by atoms with Gasteiger partial charge in [0.2, 0.25) is 5.22 Å². The third kappa shape index (κ3) is 3.21. The van der Waals surface area contributed by atoms with Gasteiger partial charge in [-0.25, -0.2) is 0 Å². The second-order valence-corrected chi connectivity index (χ2v) is 4.39. The Morgan fingerprint density at radius 3 is 2.85 bits per heavy atom. The molecule has 0 atom stereocenters. The lowest BCUT2D eigenvalue weighted by atomic mass is 10.1.